The molecule has 0 radical (unpaired) electrons. The van der Waals surface area contributed by atoms with Crippen molar-refractivity contribution in [1.82, 2.24) is 15.5 Å². The molecule has 1 aromatic rings. The molecule has 2 aliphatic heterocycles. The Morgan fingerprint density at radius 3 is 2.69 bits per heavy atom. The standard InChI is InChI=1S/C21H25FN4O2S/c22-15-1-3-16(4-2-15)26-11-9-25(10-12-26)14-20(28)23-8-7-21-24-18-6-5-17(27)13-19(18)29-21/h1-6,21,24H,7-14H2,(H,23,28). The highest BCUT2D eigenvalue weighted by molar-refractivity contribution is 8.03. The zero-order chi connectivity index (χ0) is 20.2. The van der Waals surface area contributed by atoms with Crippen LogP contribution in [0.5, 0.6) is 0 Å². The third-order valence-corrected chi connectivity index (χ3v) is 6.62. The van der Waals surface area contributed by atoms with Crippen molar-refractivity contribution in [2.45, 2.75) is 18.2 Å². The molecule has 0 spiro atoms. The first kappa shape index (κ1) is 20.0. The van der Waals surface area contributed by atoms with Crippen molar-refractivity contribution in [1.29, 1.82) is 0 Å². The zero-order valence-corrected chi connectivity index (χ0v) is 17.0. The fraction of sp³-hybridized carbons (Fsp3) is 0.429. The van der Waals surface area contributed by atoms with E-state index in [1.54, 1.807) is 30.0 Å². The van der Waals surface area contributed by atoms with Gasteiger partial charge < -0.3 is 15.5 Å². The number of halogens is 1. The van der Waals surface area contributed by atoms with E-state index >= 15 is 0 Å². The van der Waals surface area contributed by atoms with Crippen molar-refractivity contribution in [2.24, 2.45) is 0 Å². The smallest absolute Gasteiger partial charge is 0.234 e. The number of allylic oxidation sites excluding steroid dienone is 3. The summed E-state index contributed by atoms with van der Waals surface area (Å²) in [5.41, 5.74) is 2.06. The summed E-state index contributed by atoms with van der Waals surface area (Å²) >= 11 is 1.69. The van der Waals surface area contributed by atoms with E-state index in [2.05, 4.69) is 20.4 Å². The number of thioether (sulfide) groups is 1. The number of carbonyl (C=O) groups is 2. The van der Waals surface area contributed by atoms with Gasteiger partial charge in [-0.2, -0.15) is 0 Å². The molecule has 1 unspecified atom stereocenters. The predicted octanol–water partition coefficient (Wildman–Crippen LogP) is 1.86. The third-order valence-electron chi connectivity index (χ3n) is 5.33. The summed E-state index contributed by atoms with van der Waals surface area (Å²) in [6.07, 6.45) is 4.75. The van der Waals surface area contributed by atoms with Crippen LogP contribution in [0, 0.1) is 5.82 Å². The minimum Gasteiger partial charge on any atom is -0.372 e. The Bertz CT molecular complexity index is 832. The normalized spacial score (nSPS) is 21.9. The summed E-state index contributed by atoms with van der Waals surface area (Å²) in [4.78, 5) is 29.2. The van der Waals surface area contributed by atoms with E-state index in [0.717, 1.165) is 48.9 Å². The summed E-state index contributed by atoms with van der Waals surface area (Å²) in [6, 6.07) is 6.55. The number of nitrogens with zero attached hydrogens (tertiary/aromatic N) is 2. The van der Waals surface area contributed by atoms with Gasteiger partial charge in [-0.15, -0.1) is 11.8 Å². The first-order valence-corrected chi connectivity index (χ1v) is 10.8. The SMILES string of the molecule is O=C1C=CC2=C(C1)SC(CCNC(=O)CN1CCN(c3ccc(F)cc3)CC1)N2. The van der Waals surface area contributed by atoms with Crippen LogP contribution in [0.25, 0.3) is 0 Å². The van der Waals surface area contributed by atoms with Crippen molar-refractivity contribution in [3.63, 3.8) is 0 Å². The number of anilines is 1. The molecular weight excluding hydrogens is 391 g/mol. The molecule has 0 aromatic heterocycles. The van der Waals surface area contributed by atoms with Gasteiger partial charge in [0.15, 0.2) is 5.78 Å². The van der Waals surface area contributed by atoms with Crippen molar-refractivity contribution >= 4 is 29.1 Å². The minimum absolute atomic E-state index is 0.0380. The van der Waals surface area contributed by atoms with Crippen molar-refractivity contribution < 1.29 is 14.0 Å². The average Bonchev–Trinajstić information content (AvgIpc) is 3.11. The largest absolute Gasteiger partial charge is 0.372 e. The Kier molecular flexibility index (Phi) is 6.20. The van der Waals surface area contributed by atoms with Gasteiger partial charge >= 0.3 is 0 Å². The molecule has 1 fully saturated rings. The molecule has 4 rings (SSSR count). The molecule has 154 valence electrons. The maximum Gasteiger partial charge on any atom is 0.234 e. The van der Waals surface area contributed by atoms with Crippen LogP contribution in [0.3, 0.4) is 0 Å². The summed E-state index contributed by atoms with van der Waals surface area (Å²) in [5.74, 6) is -0.0429. The van der Waals surface area contributed by atoms with Crippen molar-refractivity contribution in [3.8, 4) is 0 Å². The molecule has 1 aromatic carbocycles. The highest BCUT2D eigenvalue weighted by Gasteiger charge is 2.26. The lowest BCUT2D eigenvalue weighted by atomic mass is 10.1. The Hall–Kier alpha value is -2.32. The predicted molar refractivity (Wildman–Crippen MR) is 113 cm³/mol. The molecule has 2 heterocycles. The maximum atomic E-state index is 13.1. The molecule has 1 saturated heterocycles. The molecule has 0 bridgehead atoms. The lowest BCUT2D eigenvalue weighted by Gasteiger charge is -2.35. The number of piperazine rings is 1. The maximum absolute atomic E-state index is 13.1. The molecule has 0 saturated carbocycles. The van der Waals surface area contributed by atoms with E-state index in [1.807, 2.05) is 6.08 Å². The molecule has 2 N–H and O–H groups in total. The topological polar surface area (TPSA) is 64.7 Å². The number of benzene rings is 1. The quantitative estimate of drug-likeness (QED) is 0.738. The fourth-order valence-corrected chi connectivity index (χ4v) is 4.98. The average molecular weight is 417 g/mol. The van der Waals surface area contributed by atoms with Gasteiger partial charge in [-0.25, -0.2) is 4.39 Å². The number of nitrogens with one attached hydrogen (secondary N) is 2. The summed E-state index contributed by atoms with van der Waals surface area (Å²) < 4.78 is 13.1. The molecule has 6 nitrogen and oxygen atoms in total. The van der Waals surface area contributed by atoms with Crippen molar-refractivity contribution in [3.05, 3.63) is 52.8 Å². The van der Waals surface area contributed by atoms with Crippen LogP contribution in [0.4, 0.5) is 10.1 Å². The van der Waals surface area contributed by atoms with Crippen LogP contribution < -0.4 is 15.5 Å². The summed E-state index contributed by atoms with van der Waals surface area (Å²) in [7, 11) is 0. The molecule has 1 amide bonds. The van der Waals surface area contributed by atoms with Gasteiger partial charge in [0.05, 0.1) is 11.9 Å². The third kappa shape index (κ3) is 5.19. The second-order valence-electron chi connectivity index (χ2n) is 7.44. The molecule has 1 atom stereocenters. The van der Waals surface area contributed by atoms with E-state index in [4.69, 9.17) is 0 Å². The van der Waals surface area contributed by atoms with Gasteiger partial charge in [0.25, 0.3) is 0 Å². The highest BCUT2D eigenvalue weighted by atomic mass is 32.2. The Balaban J connectivity index is 1.13. The van der Waals surface area contributed by atoms with Gasteiger partial charge in [0, 0.05) is 55.4 Å². The summed E-state index contributed by atoms with van der Waals surface area (Å²) in [6.45, 7) is 4.27. The molecular formula is C21H25FN4O2S. The van der Waals surface area contributed by atoms with Crippen LogP contribution >= 0.6 is 11.8 Å². The number of hydrogen-bond acceptors (Lipinski definition) is 6. The van der Waals surface area contributed by atoms with Gasteiger partial charge in [0.1, 0.15) is 5.82 Å². The van der Waals surface area contributed by atoms with E-state index in [0.29, 0.717) is 19.5 Å². The van der Waals surface area contributed by atoms with Gasteiger partial charge in [-0.05, 0) is 42.8 Å². The number of carbonyl (C=O) groups excluding carboxylic acids is 2. The number of ketones is 1. The van der Waals surface area contributed by atoms with Crippen LogP contribution in [0.2, 0.25) is 0 Å². The highest BCUT2D eigenvalue weighted by Crippen LogP contribution is 2.36. The first-order valence-electron chi connectivity index (χ1n) is 9.93. The van der Waals surface area contributed by atoms with Crippen LogP contribution in [-0.4, -0.2) is 61.2 Å². The fourth-order valence-electron chi connectivity index (χ4n) is 3.74. The first-order chi connectivity index (χ1) is 14.1. The van der Waals surface area contributed by atoms with Crippen LogP contribution in [0.15, 0.2) is 47.0 Å². The second-order valence-corrected chi connectivity index (χ2v) is 8.74. The van der Waals surface area contributed by atoms with Crippen LogP contribution in [-0.2, 0) is 9.59 Å². The Labute approximate surface area is 174 Å². The van der Waals surface area contributed by atoms with Gasteiger partial charge in [0.2, 0.25) is 5.91 Å². The monoisotopic (exact) mass is 416 g/mol. The number of rotatable bonds is 6. The van der Waals surface area contributed by atoms with Crippen molar-refractivity contribution in [2.75, 3.05) is 44.2 Å². The zero-order valence-electron chi connectivity index (χ0n) is 16.2. The second kappa shape index (κ2) is 9.00. The Morgan fingerprint density at radius 2 is 1.93 bits per heavy atom. The van der Waals surface area contributed by atoms with Gasteiger partial charge in [-0.1, -0.05) is 0 Å². The lowest BCUT2D eigenvalue weighted by Crippen LogP contribution is -2.49. The molecule has 3 aliphatic rings. The minimum atomic E-state index is -0.226. The van der Waals surface area contributed by atoms with Crippen LogP contribution in [0.1, 0.15) is 12.8 Å². The molecule has 29 heavy (non-hydrogen) atoms. The van der Waals surface area contributed by atoms with Gasteiger partial charge in [-0.3, -0.25) is 14.5 Å². The van der Waals surface area contributed by atoms with E-state index in [-0.39, 0.29) is 22.9 Å². The lowest BCUT2D eigenvalue weighted by molar-refractivity contribution is -0.122. The van der Waals surface area contributed by atoms with E-state index < -0.39 is 0 Å². The molecule has 8 heteroatoms. The summed E-state index contributed by atoms with van der Waals surface area (Å²) in [5, 5.41) is 6.61. The Morgan fingerprint density at radius 1 is 1.17 bits per heavy atom. The van der Waals surface area contributed by atoms with E-state index in [1.165, 1.54) is 12.1 Å². The molecule has 1 aliphatic carbocycles. The van der Waals surface area contributed by atoms with E-state index in [9.17, 15) is 14.0 Å². The number of hydrogen-bond donors (Lipinski definition) is 2. The number of amides is 1.